The number of aromatic nitrogens is 1. The number of nitrogens with zero attached hydrogens (tertiary/aromatic N) is 1. The fraction of sp³-hybridized carbons (Fsp3) is 0.167. The minimum Gasteiger partial charge on any atom is -0.399 e. The van der Waals surface area contributed by atoms with Crippen LogP contribution in [0.1, 0.15) is 28.4 Å². The van der Waals surface area contributed by atoms with Gasteiger partial charge >= 0.3 is 0 Å². The van der Waals surface area contributed by atoms with Crippen molar-refractivity contribution in [3.05, 3.63) is 95.2 Å². The number of fused-ring (bicyclic) bond motifs is 3. The Bertz CT molecular complexity index is 1320. The number of H-pyrrole nitrogens is 1. The number of hydrogen-bond donors (Lipinski definition) is 2. The molecule has 1 aromatic heterocycles. The summed E-state index contributed by atoms with van der Waals surface area (Å²) in [5, 5.41) is 1.16. The smallest absolute Gasteiger partial charge is 0.244 e. The van der Waals surface area contributed by atoms with Crippen LogP contribution in [0.2, 0.25) is 0 Å². The SMILES string of the molecule is Cc1ccc(C2c3[nH]c4ccccc4c3CCN2S(=O)(=O)c2ccc(N)cc2)cc1. The molecular weight excluding hydrogens is 394 g/mol. The number of nitrogens with one attached hydrogen (secondary N) is 1. The Hall–Kier alpha value is -3.09. The van der Waals surface area contributed by atoms with Gasteiger partial charge in [-0.1, -0.05) is 48.0 Å². The van der Waals surface area contributed by atoms with Gasteiger partial charge in [0.25, 0.3) is 0 Å². The number of nitrogens with two attached hydrogens (primary N) is 1. The summed E-state index contributed by atoms with van der Waals surface area (Å²) in [6.45, 7) is 2.45. The minimum absolute atomic E-state index is 0.258. The van der Waals surface area contributed by atoms with E-state index in [4.69, 9.17) is 5.73 Å². The van der Waals surface area contributed by atoms with Gasteiger partial charge in [0.15, 0.2) is 0 Å². The zero-order valence-corrected chi connectivity index (χ0v) is 17.5. The molecule has 0 fully saturated rings. The number of nitrogen functional groups attached to an aromatic ring is 1. The van der Waals surface area contributed by atoms with E-state index in [-0.39, 0.29) is 4.90 Å². The lowest BCUT2D eigenvalue weighted by Gasteiger charge is -2.35. The molecule has 0 bridgehead atoms. The maximum Gasteiger partial charge on any atom is 0.244 e. The summed E-state index contributed by atoms with van der Waals surface area (Å²) in [5.41, 5.74) is 11.6. The predicted octanol–water partition coefficient (Wildman–Crippen LogP) is 4.39. The highest BCUT2D eigenvalue weighted by Gasteiger charge is 2.39. The molecule has 5 rings (SSSR count). The van der Waals surface area contributed by atoms with E-state index in [0.29, 0.717) is 18.7 Å². The first kappa shape index (κ1) is 18.9. The average Bonchev–Trinajstić information content (AvgIpc) is 3.13. The molecule has 6 heteroatoms. The maximum atomic E-state index is 13.6. The van der Waals surface area contributed by atoms with E-state index in [0.717, 1.165) is 27.7 Å². The summed E-state index contributed by atoms with van der Waals surface area (Å²) in [4.78, 5) is 3.77. The molecule has 2 heterocycles. The molecule has 1 atom stereocenters. The van der Waals surface area contributed by atoms with E-state index >= 15 is 0 Å². The number of sulfonamides is 1. The van der Waals surface area contributed by atoms with Crippen LogP contribution in [0.3, 0.4) is 0 Å². The van der Waals surface area contributed by atoms with Crippen LogP contribution >= 0.6 is 0 Å². The second kappa shape index (κ2) is 7.00. The monoisotopic (exact) mass is 417 g/mol. The van der Waals surface area contributed by atoms with Gasteiger partial charge in [-0.05, 0) is 54.8 Å². The van der Waals surface area contributed by atoms with Crippen molar-refractivity contribution in [2.75, 3.05) is 12.3 Å². The van der Waals surface area contributed by atoms with Gasteiger partial charge in [0.05, 0.1) is 10.9 Å². The maximum absolute atomic E-state index is 13.6. The number of rotatable bonds is 3. The van der Waals surface area contributed by atoms with Crippen LogP contribution in [0.15, 0.2) is 77.7 Å². The highest BCUT2D eigenvalue weighted by Crippen LogP contribution is 2.41. The Kier molecular flexibility index (Phi) is 4.41. The molecule has 3 aromatic carbocycles. The van der Waals surface area contributed by atoms with Gasteiger partial charge in [0, 0.05) is 28.8 Å². The number of anilines is 1. The van der Waals surface area contributed by atoms with E-state index in [1.807, 2.05) is 49.4 Å². The number of para-hydroxylation sites is 1. The van der Waals surface area contributed by atoms with Crippen molar-refractivity contribution >= 4 is 26.6 Å². The van der Waals surface area contributed by atoms with Gasteiger partial charge in [-0.2, -0.15) is 4.31 Å². The van der Waals surface area contributed by atoms with Crippen LogP contribution in [-0.4, -0.2) is 24.3 Å². The van der Waals surface area contributed by atoms with Crippen molar-refractivity contribution in [3.8, 4) is 0 Å². The molecule has 4 aromatic rings. The lowest BCUT2D eigenvalue weighted by Crippen LogP contribution is -2.40. The van der Waals surface area contributed by atoms with Crippen LogP contribution in [-0.2, 0) is 16.4 Å². The highest BCUT2D eigenvalue weighted by atomic mass is 32.2. The standard InChI is InChI=1S/C24H23N3O2S/c1-16-6-8-17(9-7-16)24-23-21(20-4-2-3-5-22(20)26-23)14-15-27(24)30(28,29)19-12-10-18(25)11-13-19/h2-13,24,26H,14-15,25H2,1H3. The highest BCUT2D eigenvalue weighted by molar-refractivity contribution is 7.89. The minimum atomic E-state index is -3.71. The quantitative estimate of drug-likeness (QED) is 0.485. The molecule has 1 unspecified atom stereocenters. The summed E-state index contributed by atoms with van der Waals surface area (Å²) in [7, 11) is -3.71. The molecule has 5 nitrogen and oxygen atoms in total. The Morgan fingerprint density at radius 1 is 0.967 bits per heavy atom. The Labute approximate surface area is 176 Å². The average molecular weight is 418 g/mol. The van der Waals surface area contributed by atoms with Gasteiger partial charge in [-0.25, -0.2) is 8.42 Å². The number of hydrogen-bond acceptors (Lipinski definition) is 3. The Morgan fingerprint density at radius 3 is 2.40 bits per heavy atom. The molecule has 0 amide bonds. The Morgan fingerprint density at radius 2 is 1.67 bits per heavy atom. The van der Waals surface area contributed by atoms with E-state index in [2.05, 4.69) is 11.1 Å². The summed E-state index contributed by atoms with van der Waals surface area (Å²) < 4.78 is 28.9. The number of benzene rings is 3. The van der Waals surface area contributed by atoms with Crippen molar-refractivity contribution in [1.29, 1.82) is 0 Å². The fourth-order valence-corrected chi connectivity index (χ4v) is 5.92. The van der Waals surface area contributed by atoms with Gasteiger partial charge in [0.2, 0.25) is 10.0 Å². The number of aryl methyl sites for hydroxylation is 1. The van der Waals surface area contributed by atoms with Crippen LogP contribution in [0.25, 0.3) is 10.9 Å². The molecule has 1 aliphatic rings. The summed E-state index contributed by atoms with van der Waals surface area (Å²) >= 11 is 0. The van der Waals surface area contributed by atoms with E-state index in [1.165, 1.54) is 5.56 Å². The topological polar surface area (TPSA) is 79.2 Å². The second-order valence-electron chi connectivity index (χ2n) is 7.81. The zero-order chi connectivity index (χ0) is 20.9. The summed E-state index contributed by atoms with van der Waals surface area (Å²) in [6.07, 6.45) is 0.663. The van der Waals surface area contributed by atoms with Crippen LogP contribution in [0.4, 0.5) is 5.69 Å². The molecular formula is C24H23N3O2S. The van der Waals surface area contributed by atoms with Crippen LogP contribution in [0, 0.1) is 6.92 Å². The van der Waals surface area contributed by atoms with Gasteiger partial charge in [0.1, 0.15) is 0 Å². The van der Waals surface area contributed by atoms with Crippen molar-refractivity contribution < 1.29 is 8.42 Å². The van der Waals surface area contributed by atoms with Gasteiger partial charge in [-0.3, -0.25) is 0 Å². The summed E-state index contributed by atoms with van der Waals surface area (Å²) in [5.74, 6) is 0. The predicted molar refractivity (Wildman–Crippen MR) is 120 cm³/mol. The molecule has 152 valence electrons. The lowest BCUT2D eigenvalue weighted by molar-refractivity contribution is 0.340. The molecule has 30 heavy (non-hydrogen) atoms. The first-order valence-electron chi connectivity index (χ1n) is 9.98. The molecule has 0 saturated heterocycles. The van der Waals surface area contributed by atoms with E-state index < -0.39 is 16.1 Å². The summed E-state index contributed by atoms with van der Waals surface area (Å²) in [6, 6.07) is 22.3. The van der Waals surface area contributed by atoms with Crippen molar-refractivity contribution in [3.63, 3.8) is 0 Å². The second-order valence-corrected chi connectivity index (χ2v) is 9.70. The third-order valence-electron chi connectivity index (χ3n) is 5.87. The van der Waals surface area contributed by atoms with Crippen molar-refractivity contribution in [2.45, 2.75) is 24.3 Å². The third-order valence-corrected chi connectivity index (χ3v) is 7.75. The van der Waals surface area contributed by atoms with Crippen LogP contribution < -0.4 is 5.73 Å². The van der Waals surface area contributed by atoms with E-state index in [1.54, 1.807) is 28.6 Å². The normalized spacial score (nSPS) is 17.2. The molecule has 0 aliphatic carbocycles. The van der Waals surface area contributed by atoms with Gasteiger partial charge in [-0.15, -0.1) is 0 Å². The molecule has 3 N–H and O–H groups in total. The lowest BCUT2D eigenvalue weighted by atomic mass is 9.94. The molecule has 0 saturated carbocycles. The van der Waals surface area contributed by atoms with Crippen molar-refractivity contribution in [1.82, 2.24) is 9.29 Å². The third kappa shape index (κ3) is 3.00. The fourth-order valence-electron chi connectivity index (χ4n) is 4.33. The van der Waals surface area contributed by atoms with Gasteiger partial charge < -0.3 is 10.7 Å². The van der Waals surface area contributed by atoms with Crippen molar-refractivity contribution in [2.24, 2.45) is 0 Å². The largest absolute Gasteiger partial charge is 0.399 e. The van der Waals surface area contributed by atoms with E-state index in [9.17, 15) is 8.42 Å². The molecule has 0 spiro atoms. The molecule has 1 aliphatic heterocycles. The van der Waals surface area contributed by atoms with Crippen LogP contribution in [0.5, 0.6) is 0 Å². The first-order chi connectivity index (χ1) is 14.4. The Balaban J connectivity index is 1.70. The first-order valence-corrected chi connectivity index (χ1v) is 11.4. The number of aromatic amines is 1. The molecule has 0 radical (unpaired) electrons. The zero-order valence-electron chi connectivity index (χ0n) is 16.7.